The molecule has 4 rings (SSSR count). The van der Waals surface area contributed by atoms with Gasteiger partial charge in [0, 0.05) is 22.7 Å². The summed E-state index contributed by atoms with van der Waals surface area (Å²) in [5, 5.41) is 3.14. The van der Waals surface area contributed by atoms with Crippen molar-refractivity contribution in [2.75, 3.05) is 0 Å². The van der Waals surface area contributed by atoms with Crippen LogP contribution in [-0.4, -0.2) is 16.3 Å². The van der Waals surface area contributed by atoms with Gasteiger partial charge in [-0.25, -0.2) is 0 Å². The summed E-state index contributed by atoms with van der Waals surface area (Å²) in [6, 6.07) is 14.2. The van der Waals surface area contributed by atoms with Crippen molar-refractivity contribution in [1.29, 1.82) is 0 Å². The number of para-hydroxylation sites is 1. The highest BCUT2D eigenvalue weighted by atomic mass is 16.1. The summed E-state index contributed by atoms with van der Waals surface area (Å²) in [5.41, 5.74) is 3.50. The predicted octanol–water partition coefficient (Wildman–Crippen LogP) is 3.68. The maximum Gasteiger partial charge on any atom is 0.152 e. The van der Waals surface area contributed by atoms with E-state index in [9.17, 15) is 4.79 Å². The normalized spacial score (nSPS) is 11.4. The molecule has 0 aliphatic heterocycles. The Hall–Kier alpha value is -2.68. The number of carbonyl (C=O) groups excluding carboxylic acids is 1. The Kier molecular flexibility index (Phi) is 1.97. The van der Waals surface area contributed by atoms with E-state index in [2.05, 4.69) is 22.1 Å². The zero-order chi connectivity index (χ0) is 12.8. The topological polar surface area (TPSA) is 45.8 Å². The SMILES string of the molecule is O=Cc1cnc2ccc3cc4ccccc4[nH]c3c12. The van der Waals surface area contributed by atoms with Crippen molar-refractivity contribution >= 4 is 39.0 Å². The summed E-state index contributed by atoms with van der Waals surface area (Å²) in [6.07, 6.45) is 2.48. The number of pyridine rings is 1. The van der Waals surface area contributed by atoms with E-state index in [4.69, 9.17) is 0 Å². The lowest BCUT2D eigenvalue weighted by atomic mass is 10.1. The van der Waals surface area contributed by atoms with Crippen LogP contribution >= 0.6 is 0 Å². The summed E-state index contributed by atoms with van der Waals surface area (Å²) in [7, 11) is 0. The van der Waals surface area contributed by atoms with Crippen LogP contribution in [0.25, 0.3) is 32.7 Å². The van der Waals surface area contributed by atoms with Crippen molar-refractivity contribution in [1.82, 2.24) is 9.97 Å². The first-order valence-electron chi connectivity index (χ1n) is 6.11. The quantitative estimate of drug-likeness (QED) is 0.411. The second kappa shape index (κ2) is 3.65. The number of hydrogen-bond donors (Lipinski definition) is 1. The van der Waals surface area contributed by atoms with E-state index >= 15 is 0 Å². The van der Waals surface area contributed by atoms with Crippen LogP contribution in [0.2, 0.25) is 0 Å². The summed E-state index contributed by atoms with van der Waals surface area (Å²) in [5.74, 6) is 0. The zero-order valence-corrected chi connectivity index (χ0v) is 10.1. The van der Waals surface area contributed by atoms with Gasteiger partial charge in [-0.3, -0.25) is 9.78 Å². The maximum atomic E-state index is 11.1. The fraction of sp³-hybridized carbons (Fsp3) is 0. The van der Waals surface area contributed by atoms with E-state index in [-0.39, 0.29) is 0 Å². The van der Waals surface area contributed by atoms with Gasteiger partial charge in [-0.2, -0.15) is 0 Å². The van der Waals surface area contributed by atoms with Crippen LogP contribution in [0, 0.1) is 0 Å². The van der Waals surface area contributed by atoms with E-state index in [1.54, 1.807) is 6.20 Å². The molecule has 0 spiro atoms. The van der Waals surface area contributed by atoms with Crippen molar-refractivity contribution in [2.24, 2.45) is 0 Å². The van der Waals surface area contributed by atoms with Crippen LogP contribution in [0.4, 0.5) is 0 Å². The molecule has 2 heterocycles. The van der Waals surface area contributed by atoms with Crippen LogP contribution in [0.1, 0.15) is 10.4 Å². The van der Waals surface area contributed by atoms with Gasteiger partial charge in [0.25, 0.3) is 0 Å². The van der Waals surface area contributed by atoms with Gasteiger partial charge in [0.1, 0.15) is 0 Å². The third-order valence-corrected chi connectivity index (χ3v) is 3.51. The van der Waals surface area contributed by atoms with E-state index in [1.807, 2.05) is 30.3 Å². The first-order valence-corrected chi connectivity index (χ1v) is 6.11. The molecule has 0 radical (unpaired) electrons. The molecule has 3 heteroatoms. The molecule has 2 aromatic heterocycles. The molecule has 3 nitrogen and oxygen atoms in total. The number of aromatic amines is 1. The van der Waals surface area contributed by atoms with Gasteiger partial charge in [-0.05, 0) is 29.0 Å². The molecule has 90 valence electrons. The number of rotatable bonds is 1. The van der Waals surface area contributed by atoms with Gasteiger partial charge in [-0.1, -0.05) is 24.3 Å². The fourth-order valence-corrected chi connectivity index (χ4v) is 2.59. The second-order valence-corrected chi connectivity index (χ2v) is 4.61. The van der Waals surface area contributed by atoms with E-state index < -0.39 is 0 Å². The molecular formula is C16H10N2O. The van der Waals surface area contributed by atoms with Gasteiger partial charge >= 0.3 is 0 Å². The molecule has 2 aromatic carbocycles. The highest BCUT2D eigenvalue weighted by Crippen LogP contribution is 2.28. The van der Waals surface area contributed by atoms with Crippen molar-refractivity contribution in [3.8, 4) is 0 Å². The molecule has 0 saturated carbocycles. The molecule has 1 N–H and O–H groups in total. The Morgan fingerprint density at radius 3 is 2.84 bits per heavy atom. The van der Waals surface area contributed by atoms with Gasteiger partial charge in [-0.15, -0.1) is 0 Å². The number of aromatic nitrogens is 2. The Balaban J connectivity index is 2.28. The first kappa shape index (κ1) is 10.3. The van der Waals surface area contributed by atoms with Gasteiger partial charge < -0.3 is 4.98 Å². The number of fused-ring (bicyclic) bond motifs is 4. The summed E-state index contributed by atoms with van der Waals surface area (Å²) in [6.45, 7) is 0. The summed E-state index contributed by atoms with van der Waals surface area (Å²) in [4.78, 5) is 18.8. The van der Waals surface area contributed by atoms with E-state index in [1.165, 1.54) is 0 Å². The number of nitrogens with one attached hydrogen (secondary N) is 1. The molecular weight excluding hydrogens is 236 g/mol. The van der Waals surface area contributed by atoms with Crippen LogP contribution < -0.4 is 0 Å². The number of aldehydes is 1. The standard InChI is InChI=1S/C16H10N2O/c19-9-12-8-17-14-6-5-11-7-10-3-1-2-4-13(10)18-16(11)15(12)14/h1-9,18H. The average Bonchev–Trinajstić information content (AvgIpc) is 2.88. The molecule has 0 bridgehead atoms. The second-order valence-electron chi connectivity index (χ2n) is 4.61. The van der Waals surface area contributed by atoms with Gasteiger partial charge in [0.2, 0.25) is 0 Å². The monoisotopic (exact) mass is 246 g/mol. The van der Waals surface area contributed by atoms with Crippen molar-refractivity contribution < 1.29 is 4.79 Å². The predicted molar refractivity (Wildman–Crippen MR) is 76.5 cm³/mol. The molecule has 0 aliphatic carbocycles. The minimum Gasteiger partial charge on any atom is -0.354 e. The third kappa shape index (κ3) is 1.38. The average molecular weight is 246 g/mol. The lowest BCUT2D eigenvalue weighted by molar-refractivity contribution is 0.112. The number of benzene rings is 2. The number of carbonyl (C=O) groups is 1. The molecule has 4 aromatic rings. The molecule has 0 saturated heterocycles. The first-order chi connectivity index (χ1) is 9.36. The third-order valence-electron chi connectivity index (χ3n) is 3.51. The Labute approximate surface area is 108 Å². The van der Waals surface area contributed by atoms with Crippen LogP contribution in [0.15, 0.2) is 48.7 Å². The van der Waals surface area contributed by atoms with E-state index in [0.717, 1.165) is 39.0 Å². The minimum atomic E-state index is 0.632. The Morgan fingerprint density at radius 2 is 1.95 bits per heavy atom. The number of H-pyrrole nitrogens is 1. The molecule has 0 amide bonds. The largest absolute Gasteiger partial charge is 0.354 e. The maximum absolute atomic E-state index is 11.1. The van der Waals surface area contributed by atoms with Crippen molar-refractivity contribution in [2.45, 2.75) is 0 Å². The van der Waals surface area contributed by atoms with E-state index in [0.29, 0.717) is 5.56 Å². The lowest BCUT2D eigenvalue weighted by Gasteiger charge is -2.05. The van der Waals surface area contributed by atoms with Gasteiger partial charge in [0.05, 0.1) is 11.0 Å². The van der Waals surface area contributed by atoms with Crippen LogP contribution in [-0.2, 0) is 0 Å². The smallest absolute Gasteiger partial charge is 0.152 e. The summed E-state index contributed by atoms with van der Waals surface area (Å²) >= 11 is 0. The minimum absolute atomic E-state index is 0.632. The highest BCUT2D eigenvalue weighted by molar-refractivity contribution is 6.13. The Morgan fingerprint density at radius 1 is 1.05 bits per heavy atom. The zero-order valence-electron chi connectivity index (χ0n) is 10.1. The number of nitrogens with zero attached hydrogens (tertiary/aromatic N) is 1. The molecule has 19 heavy (non-hydrogen) atoms. The summed E-state index contributed by atoms with van der Waals surface area (Å²) < 4.78 is 0. The highest BCUT2D eigenvalue weighted by Gasteiger charge is 2.09. The van der Waals surface area contributed by atoms with Crippen molar-refractivity contribution in [3.63, 3.8) is 0 Å². The van der Waals surface area contributed by atoms with Crippen LogP contribution in [0.3, 0.4) is 0 Å². The molecule has 0 aliphatic rings. The Bertz CT molecular complexity index is 937. The van der Waals surface area contributed by atoms with Gasteiger partial charge in [0.15, 0.2) is 6.29 Å². The number of hydrogen-bond acceptors (Lipinski definition) is 2. The van der Waals surface area contributed by atoms with Crippen molar-refractivity contribution in [3.05, 3.63) is 54.2 Å². The fourth-order valence-electron chi connectivity index (χ4n) is 2.59. The molecule has 0 fully saturated rings. The lowest BCUT2D eigenvalue weighted by Crippen LogP contribution is -1.85. The molecule has 0 atom stereocenters. The molecule has 0 unspecified atom stereocenters. The van der Waals surface area contributed by atoms with Crippen LogP contribution in [0.5, 0.6) is 0 Å².